The molecule has 6 heteroatoms. The van der Waals surface area contributed by atoms with E-state index in [-0.39, 0.29) is 5.56 Å². The molecule has 0 atom stereocenters. The second kappa shape index (κ2) is 5.32. The molecule has 2 aromatic carbocycles. The number of hydrogen-bond donors (Lipinski definition) is 0. The molecule has 0 radical (unpaired) electrons. The lowest BCUT2D eigenvalue weighted by Crippen LogP contribution is -2.13. The molecule has 2 aromatic rings. The maximum atomic E-state index is 14.1. The van der Waals surface area contributed by atoms with Gasteiger partial charge in [-0.3, -0.25) is 0 Å². The van der Waals surface area contributed by atoms with Crippen molar-refractivity contribution < 1.29 is 27.1 Å². The molecule has 0 aromatic heterocycles. The molecule has 2 nitrogen and oxygen atoms in total. The lowest BCUT2D eigenvalue weighted by Gasteiger charge is -2.11. The van der Waals surface area contributed by atoms with Crippen LogP contribution in [-0.2, 0) is 4.74 Å². The highest BCUT2D eigenvalue weighted by atomic mass is 19.2. The van der Waals surface area contributed by atoms with E-state index in [1.165, 1.54) is 24.3 Å². The van der Waals surface area contributed by atoms with E-state index in [0.29, 0.717) is 0 Å². The first-order valence-corrected chi connectivity index (χ1v) is 5.48. The summed E-state index contributed by atoms with van der Waals surface area (Å²) in [5, 5.41) is 0. The molecule has 0 spiro atoms. The lowest BCUT2D eigenvalue weighted by atomic mass is 10.0. The summed E-state index contributed by atoms with van der Waals surface area (Å²) in [7, 11) is 0.880. The molecular formula is C14H8F4O2. The average Bonchev–Trinajstić information content (AvgIpc) is 2.46. The number of benzene rings is 2. The summed E-state index contributed by atoms with van der Waals surface area (Å²) in [5.41, 5.74) is -2.10. The number of rotatable bonds is 2. The van der Waals surface area contributed by atoms with Gasteiger partial charge < -0.3 is 4.74 Å². The maximum Gasteiger partial charge on any atom is 0.344 e. The summed E-state index contributed by atoms with van der Waals surface area (Å²) in [6.45, 7) is 0. The number of esters is 1. The van der Waals surface area contributed by atoms with Gasteiger partial charge in [0.15, 0.2) is 23.3 Å². The van der Waals surface area contributed by atoms with Crippen LogP contribution in [0.1, 0.15) is 10.4 Å². The van der Waals surface area contributed by atoms with E-state index >= 15 is 0 Å². The van der Waals surface area contributed by atoms with Crippen LogP contribution in [0.4, 0.5) is 17.6 Å². The summed E-state index contributed by atoms with van der Waals surface area (Å²) in [5.74, 6) is -8.45. The van der Waals surface area contributed by atoms with Crippen molar-refractivity contribution in [3.8, 4) is 11.1 Å². The minimum atomic E-state index is -1.93. The molecule has 0 amide bonds. The first-order valence-electron chi connectivity index (χ1n) is 5.48. The smallest absolute Gasteiger partial charge is 0.344 e. The number of ether oxygens (including phenoxy) is 1. The molecule has 0 fully saturated rings. The third-order valence-corrected chi connectivity index (χ3v) is 2.72. The zero-order valence-electron chi connectivity index (χ0n) is 10.2. The molecule has 0 heterocycles. The Bertz CT molecular complexity index is 669. The molecule has 0 saturated carbocycles. The van der Waals surface area contributed by atoms with Crippen molar-refractivity contribution in [3.63, 3.8) is 0 Å². The maximum absolute atomic E-state index is 14.1. The Kier molecular flexibility index (Phi) is 3.74. The minimum Gasteiger partial charge on any atom is -0.465 e. The molecule has 0 aliphatic heterocycles. The molecule has 0 aliphatic rings. The van der Waals surface area contributed by atoms with Crippen molar-refractivity contribution in [2.45, 2.75) is 0 Å². The van der Waals surface area contributed by atoms with Crippen molar-refractivity contribution >= 4 is 5.97 Å². The third-order valence-electron chi connectivity index (χ3n) is 2.72. The van der Waals surface area contributed by atoms with Gasteiger partial charge in [0.25, 0.3) is 0 Å². The van der Waals surface area contributed by atoms with E-state index in [2.05, 4.69) is 4.74 Å². The molecule has 0 unspecified atom stereocenters. The summed E-state index contributed by atoms with van der Waals surface area (Å²) >= 11 is 0. The van der Waals surface area contributed by atoms with Crippen LogP contribution in [0, 0.1) is 23.3 Å². The molecule has 104 valence electrons. The Labute approximate surface area is 111 Å². The third kappa shape index (κ3) is 2.13. The normalized spacial score (nSPS) is 10.4. The van der Waals surface area contributed by atoms with Gasteiger partial charge >= 0.3 is 5.97 Å². The van der Waals surface area contributed by atoms with E-state index in [1.807, 2.05) is 0 Å². The van der Waals surface area contributed by atoms with E-state index in [4.69, 9.17) is 0 Å². The van der Waals surface area contributed by atoms with E-state index in [1.54, 1.807) is 6.07 Å². The van der Waals surface area contributed by atoms with Gasteiger partial charge in [0.05, 0.1) is 12.7 Å². The molecule has 0 bridgehead atoms. The van der Waals surface area contributed by atoms with Crippen LogP contribution in [0.15, 0.2) is 30.3 Å². The fraction of sp³-hybridized carbons (Fsp3) is 0.0714. The van der Waals surface area contributed by atoms with E-state index < -0.39 is 40.4 Å². The van der Waals surface area contributed by atoms with Crippen LogP contribution in [0.25, 0.3) is 11.1 Å². The number of halogens is 4. The van der Waals surface area contributed by atoms with Crippen LogP contribution in [0.3, 0.4) is 0 Å². The van der Waals surface area contributed by atoms with Gasteiger partial charge in [-0.05, 0) is 5.56 Å². The first-order chi connectivity index (χ1) is 9.49. The van der Waals surface area contributed by atoms with Crippen molar-refractivity contribution in [2.24, 2.45) is 0 Å². The Morgan fingerprint density at radius 3 is 2.05 bits per heavy atom. The fourth-order valence-electron chi connectivity index (χ4n) is 1.77. The SMILES string of the molecule is COC(=O)c1c(F)c(F)c(F)c(-c2ccccc2)c1F. The fourth-order valence-corrected chi connectivity index (χ4v) is 1.77. The highest BCUT2D eigenvalue weighted by molar-refractivity contribution is 5.92. The van der Waals surface area contributed by atoms with E-state index in [0.717, 1.165) is 7.11 Å². The Balaban J connectivity index is 2.82. The second-order valence-corrected chi connectivity index (χ2v) is 3.86. The summed E-state index contributed by atoms with van der Waals surface area (Å²) in [6.07, 6.45) is 0. The Hall–Kier alpha value is -2.37. The molecular weight excluding hydrogens is 276 g/mol. The molecule has 20 heavy (non-hydrogen) atoms. The summed E-state index contributed by atoms with van der Waals surface area (Å²) in [4.78, 5) is 11.3. The molecule has 0 saturated heterocycles. The van der Waals surface area contributed by atoms with Crippen LogP contribution in [-0.4, -0.2) is 13.1 Å². The number of hydrogen-bond acceptors (Lipinski definition) is 2. The lowest BCUT2D eigenvalue weighted by molar-refractivity contribution is 0.0588. The molecule has 0 N–H and O–H groups in total. The number of carbonyl (C=O) groups is 1. The zero-order chi connectivity index (χ0) is 14.9. The van der Waals surface area contributed by atoms with E-state index in [9.17, 15) is 22.4 Å². The van der Waals surface area contributed by atoms with Crippen LogP contribution in [0.2, 0.25) is 0 Å². The molecule has 2 rings (SSSR count). The Morgan fingerprint density at radius 1 is 0.900 bits per heavy atom. The quantitative estimate of drug-likeness (QED) is 0.364. The number of methoxy groups -OCH3 is 1. The van der Waals surface area contributed by atoms with Gasteiger partial charge in [-0.15, -0.1) is 0 Å². The van der Waals surface area contributed by atoms with Gasteiger partial charge in [-0.25, -0.2) is 22.4 Å². The van der Waals surface area contributed by atoms with Crippen LogP contribution in [0.5, 0.6) is 0 Å². The van der Waals surface area contributed by atoms with Crippen molar-refractivity contribution in [1.82, 2.24) is 0 Å². The largest absolute Gasteiger partial charge is 0.465 e. The predicted molar refractivity (Wildman–Crippen MR) is 63.0 cm³/mol. The van der Waals surface area contributed by atoms with Gasteiger partial charge in [-0.1, -0.05) is 30.3 Å². The molecule has 0 aliphatic carbocycles. The van der Waals surface area contributed by atoms with Gasteiger partial charge in [0.2, 0.25) is 0 Å². The van der Waals surface area contributed by atoms with Gasteiger partial charge in [-0.2, -0.15) is 0 Å². The van der Waals surface area contributed by atoms with Crippen molar-refractivity contribution in [3.05, 3.63) is 59.2 Å². The van der Waals surface area contributed by atoms with Crippen LogP contribution >= 0.6 is 0 Å². The minimum absolute atomic E-state index is 0.0217. The second-order valence-electron chi connectivity index (χ2n) is 3.86. The highest BCUT2D eigenvalue weighted by Gasteiger charge is 2.30. The van der Waals surface area contributed by atoms with Crippen molar-refractivity contribution in [1.29, 1.82) is 0 Å². The predicted octanol–water partition coefficient (Wildman–Crippen LogP) is 3.70. The zero-order valence-corrected chi connectivity index (χ0v) is 10.2. The summed E-state index contributed by atoms with van der Waals surface area (Å²) in [6, 6.07) is 7.13. The van der Waals surface area contributed by atoms with Crippen LogP contribution < -0.4 is 0 Å². The average molecular weight is 284 g/mol. The van der Waals surface area contributed by atoms with Gasteiger partial charge in [0, 0.05) is 0 Å². The highest BCUT2D eigenvalue weighted by Crippen LogP contribution is 2.32. The first kappa shape index (κ1) is 14.0. The Morgan fingerprint density at radius 2 is 1.50 bits per heavy atom. The standard InChI is InChI=1S/C14H8F4O2/c1-20-14(19)9-10(15)8(7-5-3-2-4-6-7)11(16)13(18)12(9)17/h2-6H,1H3. The van der Waals surface area contributed by atoms with Crippen molar-refractivity contribution in [2.75, 3.05) is 7.11 Å². The summed E-state index contributed by atoms with van der Waals surface area (Å²) < 4.78 is 59.1. The topological polar surface area (TPSA) is 26.3 Å². The number of carbonyl (C=O) groups excluding carboxylic acids is 1. The van der Waals surface area contributed by atoms with Gasteiger partial charge in [0.1, 0.15) is 5.56 Å². The monoisotopic (exact) mass is 284 g/mol.